The van der Waals surface area contributed by atoms with Gasteiger partial charge in [-0.2, -0.15) is 21.6 Å². The van der Waals surface area contributed by atoms with Crippen LogP contribution in [0.5, 0.6) is 5.75 Å². The van der Waals surface area contributed by atoms with Crippen molar-refractivity contribution < 1.29 is 30.5 Å². The van der Waals surface area contributed by atoms with E-state index in [9.17, 15) is 26.5 Å². The van der Waals surface area contributed by atoms with E-state index in [2.05, 4.69) is 9.36 Å². The minimum atomic E-state index is -5.87. The highest BCUT2D eigenvalue weighted by Gasteiger charge is 2.49. The molecule has 0 spiro atoms. The van der Waals surface area contributed by atoms with Crippen molar-refractivity contribution in [3.05, 3.63) is 23.1 Å². The lowest BCUT2D eigenvalue weighted by atomic mass is 10.2. The lowest BCUT2D eigenvalue weighted by Gasteiger charge is -2.29. The largest absolute Gasteiger partial charge is 0.534 e. The highest BCUT2D eigenvalue weighted by molar-refractivity contribution is 7.88. The molecule has 0 amide bonds. The number of ether oxygens (including phenoxy) is 1. The maximum Gasteiger partial charge on any atom is 0.534 e. The third-order valence-corrected chi connectivity index (χ3v) is 3.87. The minimum absolute atomic E-state index is 0.406. The smallest absolute Gasteiger partial charge is 0.378 e. The van der Waals surface area contributed by atoms with Gasteiger partial charge in [0, 0.05) is 24.8 Å². The van der Waals surface area contributed by atoms with Crippen LogP contribution in [0.4, 0.5) is 24.5 Å². The quantitative estimate of drug-likeness (QED) is 0.474. The zero-order valence-electron chi connectivity index (χ0n) is 11.0. The number of hydrogen-bond acceptors (Lipinski definition) is 7. The molecular weight excluding hydrogens is 329 g/mol. The first kappa shape index (κ1) is 16.5. The van der Waals surface area contributed by atoms with Gasteiger partial charge < -0.3 is 13.8 Å². The summed E-state index contributed by atoms with van der Waals surface area (Å²) in [4.78, 5) is 12.4. The van der Waals surface area contributed by atoms with Gasteiger partial charge >= 0.3 is 15.6 Å². The van der Waals surface area contributed by atoms with Crippen LogP contribution in [0, 0.1) is 4.91 Å². The van der Waals surface area contributed by atoms with Crippen molar-refractivity contribution in [2.45, 2.75) is 5.51 Å². The molecule has 0 atom stereocenters. The van der Waals surface area contributed by atoms with Gasteiger partial charge in [-0.3, -0.25) is 0 Å². The second-order valence-corrected chi connectivity index (χ2v) is 5.86. The molecule has 1 aromatic rings. The van der Waals surface area contributed by atoms with Crippen LogP contribution in [0.3, 0.4) is 0 Å². The van der Waals surface area contributed by atoms with E-state index in [1.54, 1.807) is 4.90 Å². The van der Waals surface area contributed by atoms with Crippen LogP contribution in [0.15, 0.2) is 23.4 Å². The lowest BCUT2D eigenvalue weighted by Crippen LogP contribution is -2.36. The Bertz CT molecular complexity index is 656. The highest BCUT2D eigenvalue weighted by Crippen LogP contribution is 2.36. The van der Waals surface area contributed by atoms with Gasteiger partial charge in [0.05, 0.1) is 13.2 Å². The first-order chi connectivity index (χ1) is 10.2. The summed E-state index contributed by atoms with van der Waals surface area (Å²) >= 11 is 0. The average Bonchev–Trinajstić information content (AvgIpc) is 2.46. The Morgan fingerprint density at radius 2 is 1.86 bits per heavy atom. The van der Waals surface area contributed by atoms with Gasteiger partial charge in [-0.25, -0.2) is 0 Å². The van der Waals surface area contributed by atoms with Crippen molar-refractivity contribution in [3.8, 4) is 5.75 Å². The maximum absolute atomic E-state index is 12.4. The van der Waals surface area contributed by atoms with Crippen LogP contribution < -0.4 is 9.08 Å². The predicted octanol–water partition coefficient (Wildman–Crippen LogP) is 2.15. The van der Waals surface area contributed by atoms with Crippen LogP contribution in [-0.4, -0.2) is 40.2 Å². The summed E-state index contributed by atoms with van der Waals surface area (Å²) in [5, 5.41) is 2.47. The topological polar surface area (TPSA) is 85.3 Å². The molecule has 7 nitrogen and oxygen atoms in total. The second-order valence-electron chi connectivity index (χ2n) is 4.33. The van der Waals surface area contributed by atoms with Crippen LogP contribution >= 0.6 is 0 Å². The molecule has 0 saturated carbocycles. The molecule has 11 heteroatoms. The van der Waals surface area contributed by atoms with Crippen molar-refractivity contribution in [1.29, 1.82) is 0 Å². The van der Waals surface area contributed by atoms with Crippen LogP contribution in [-0.2, 0) is 14.9 Å². The standard InChI is InChI=1S/C11H11F3N2O5S/c12-11(13,14)22(18,19)21-10-7-8(1-2-9(10)15-17)16-3-5-20-6-4-16/h1-2,7H,3-6H2. The summed E-state index contributed by atoms with van der Waals surface area (Å²) in [6.45, 7) is 1.79. The van der Waals surface area contributed by atoms with E-state index in [-0.39, 0.29) is 0 Å². The van der Waals surface area contributed by atoms with Crippen molar-refractivity contribution in [2.24, 2.45) is 5.18 Å². The Morgan fingerprint density at radius 3 is 2.41 bits per heavy atom. The Kier molecular flexibility index (Phi) is 4.56. The first-order valence-corrected chi connectivity index (χ1v) is 7.46. The summed E-state index contributed by atoms with van der Waals surface area (Å²) in [5.74, 6) is -0.767. The van der Waals surface area contributed by atoms with Crippen molar-refractivity contribution >= 4 is 21.5 Å². The van der Waals surface area contributed by atoms with Gasteiger partial charge in [0.25, 0.3) is 0 Å². The molecule has 1 saturated heterocycles. The molecule has 2 rings (SSSR count). The van der Waals surface area contributed by atoms with E-state index in [0.29, 0.717) is 32.0 Å². The summed E-state index contributed by atoms with van der Waals surface area (Å²) < 4.78 is 68.3. The molecule has 0 aromatic heterocycles. The average molecular weight is 340 g/mol. The Morgan fingerprint density at radius 1 is 1.23 bits per heavy atom. The Hall–Kier alpha value is -1.88. The van der Waals surface area contributed by atoms with Gasteiger partial charge in [-0.1, -0.05) is 0 Å². The zero-order valence-corrected chi connectivity index (χ0v) is 11.9. The van der Waals surface area contributed by atoms with Crippen LogP contribution in [0.1, 0.15) is 0 Å². The Balaban J connectivity index is 2.34. The number of anilines is 1. The van der Waals surface area contributed by atoms with Gasteiger partial charge in [0.15, 0.2) is 11.4 Å². The third kappa shape index (κ3) is 3.47. The summed E-state index contributed by atoms with van der Waals surface area (Å²) in [6.07, 6.45) is 0. The van der Waals surface area contributed by atoms with E-state index in [4.69, 9.17) is 4.74 Å². The monoisotopic (exact) mass is 340 g/mol. The van der Waals surface area contributed by atoms with E-state index < -0.39 is 27.1 Å². The fraction of sp³-hybridized carbons (Fsp3) is 0.455. The van der Waals surface area contributed by atoms with Crippen molar-refractivity contribution in [1.82, 2.24) is 0 Å². The molecule has 1 aromatic carbocycles. The molecule has 1 aliphatic heterocycles. The number of morpholine rings is 1. The second kappa shape index (κ2) is 6.08. The fourth-order valence-corrected chi connectivity index (χ4v) is 2.29. The number of nitrogens with zero attached hydrogens (tertiary/aromatic N) is 2. The van der Waals surface area contributed by atoms with Crippen molar-refractivity contribution in [2.75, 3.05) is 31.2 Å². The van der Waals surface area contributed by atoms with Gasteiger partial charge in [-0.15, -0.1) is 4.91 Å². The van der Waals surface area contributed by atoms with Gasteiger partial charge in [0.1, 0.15) is 0 Å². The molecule has 1 aliphatic rings. The molecular formula is C11H11F3N2O5S. The van der Waals surface area contributed by atoms with E-state index in [1.807, 2.05) is 0 Å². The summed E-state index contributed by atoms with van der Waals surface area (Å²) in [7, 11) is -5.87. The SMILES string of the molecule is O=Nc1ccc(N2CCOCC2)cc1OS(=O)(=O)C(F)(F)F. The summed E-state index contributed by atoms with van der Waals surface area (Å²) in [6, 6.07) is 3.57. The highest BCUT2D eigenvalue weighted by atomic mass is 32.2. The number of benzene rings is 1. The Labute approximate surface area is 123 Å². The molecule has 22 heavy (non-hydrogen) atoms. The number of hydrogen-bond donors (Lipinski definition) is 0. The zero-order chi connectivity index (χ0) is 16.4. The number of rotatable bonds is 4. The molecule has 0 bridgehead atoms. The van der Waals surface area contributed by atoms with Gasteiger partial charge in [-0.05, 0) is 17.3 Å². The number of halogens is 3. The summed E-state index contributed by atoms with van der Waals surface area (Å²) in [5.41, 5.74) is -5.73. The molecule has 1 heterocycles. The maximum atomic E-state index is 12.4. The van der Waals surface area contributed by atoms with E-state index in [0.717, 1.165) is 12.1 Å². The third-order valence-electron chi connectivity index (χ3n) is 2.90. The van der Waals surface area contributed by atoms with Crippen molar-refractivity contribution in [3.63, 3.8) is 0 Å². The van der Waals surface area contributed by atoms with Gasteiger partial charge in [0.2, 0.25) is 0 Å². The first-order valence-electron chi connectivity index (χ1n) is 6.05. The van der Waals surface area contributed by atoms with Crippen LogP contribution in [0.25, 0.3) is 0 Å². The molecule has 0 unspecified atom stereocenters. The number of alkyl halides is 3. The minimum Gasteiger partial charge on any atom is -0.378 e. The number of nitroso groups, excluding NO2 is 1. The van der Waals surface area contributed by atoms with Crippen LogP contribution in [0.2, 0.25) is 0 Å². The fourth-order valence-electron chi connectivity index (χ4n) is 1.83. The van der Waals surface area contributed by atoms with E-state index in [1.165, 1.54) is 6.07 Å². The molecule has 0 radical (unpaired) electrons. The normalized spacial score (nSPS) is 16.4. The molecule has 1 fully saturated rings. The molecule has 0 aliphatic carbocycles. The molecule has 0 N–H and O–H groups in total. The van der Waals surface area contributed by atoms with E-state index >= 15 is 0 Å². The predicted molar refractivity (Wildman–Crippen MR) is 70.5 cm³/mol. The molecule has 122 valence electrons. The lowest BCUT2D eigenvalue weighted by molar-refractivity contribution is -0.0499.